The first kappa shape index (κ1) is 15.9. The molecule has 0 amide bonds. The summed E-state index contributed by atoms with van der Waals surface area (Å²) in [5, 5.41) is 17.5. The highest BCUT2D eigenvalue weighted by atomic mass is 35.5. The van der Waals surface area contributed by atoms with Crippen LogP contribution >= 0.6 is 11.6 Å². The second kappa shape index (κ2) is 7.46. The summed E-state index contributed by atoms with van der Waals surface area (Å²) in [7, 11) is -3.71. The van der Waals surface area contributed by atoms with Crippen molar-refractivity contribution < 1.29 is 13.5 Å². The zero-order chi connectivity index (χ0) is 14.3. The molecule has 0 spiro atoms. The lowest BCUT2D eigenvalue weighted by atomic mass is 10.2. The third kappa shape index (κ3) is 4.80. The number of aliphatic hydroxyl groups excluding tert-OH is 1. The van der Waals surface area contributed by atoms with Crippen molar-refractivity contribution in [1.82, 2.24) is 4.72 Å². The highest BCUT2D eigenvalue weighted by Gasteiger charge is 2.17. The number of hydrogen-bond acceptors (Lipinski definition) is 4. The van der Waals surface area contributed by atoms with Gasteiger partial charge in [0, 0.05) is 13.2 Å². The Morgan fingerprint density at radius 1 is 1.32 bits per heavy atom. The largest absolute Gasteiger partial charge is 0.396 e. The SMILES string of the molecule is N#Cc1ccc(Cl)c(S(=O)(=O)NCCCCCO)c1. The van der Waals surface area contributed by atoms with Crippen molar-refractivity contribution in [3.8, 4) is 6.07 Å². The topological polar surface area (TPSA) is 90.2 Å². The highest BCUT2D eigenvalue weighted by molar-refractivity contribution is 7.89. The minimum atomic E-state index is -3.71. The van der Waals surface area contributed by atoms with Crippen molar-refractivity contribution in [2.45, 2.75) is 24.2 Å². The molecule has 0 saturated carbocycles. The maximum absolute atomic E-state index is 12.0. The van der Waals surface area contributed by atoms with E-state index in [1.54, 1.807) is 0 Å². The summed E-state index contributed by atoms with van der Waals surface area (Å²) < 4.78 is 26.4. The Kier molecular flexibility index (Phi) is 6.25. The van der Waals surface area contributed by atoms with Crippen molar-refractivity contribution >= 4 is 21.6 Å². The fourth-order valence-electron chi connectivity index (χ4n) is 1.48. The Labute approximate surface area is 117 Å². The van der Waals surface area contributed by atoms with Crippen LogP contribution in [0.3, 0.4) is 0 Å². The normalized spacial score (nSPS) is 11.2. The van der Waals surface area contributed by atoms with Crippen molar-refractivity contribution in [1.29, 1.82) is 5.26 Å². The van der Waals surface area contributed by atoms with E-state index in [0.717, 1.165) is 6.42 Å². The molecule has 0 radical (unpaired) electrons. The third-order valence-electron chi connectivity index (χ3n) is 2.48. The molecular weight excluding hydrogens is 288 g/mol. The van der Waals surface area contributed by atoms with Crippen LogP contribution < -0.4 is 4.72 Å². The Morgan fingerprint density at radius 2 is 2.05 bits per heavy atom. The molecule has 0 saturated heterocycles. The van der Waals surface area contributed by atoms with Crippen LogP contribution in [0.2, 0.25) is 5.02 Å². The summed E-state index contributed by atoms with van der Waals surface area (Å²) >= 11 is 5.84. The van der Waals surface area contributed by atoms with Crippen molar-refractivity contribution in [2.75, 3.05) is 13.2 Å². The van der Waals surface area contributed by atoms with Gasteiger partial charge in [-0.2, -0.15) is 5.26 Å². The molecule has 1 aromatic rings. The van der Waals surface area contributed by atoms with Crippen LogP contribution in [0.15, 0.2) is 23.1 Å². The van der Waals surface area contributed by atoms with Crippen LogP contribution in [-0.2, 0) is 10.0 Å². The molecule has 1 aromatic carbocycles. The molecule has 2 N–H and O–H groups in total. The summed E-state index contributed by atoms with van der Waals surface area (Å²) in [6.45, 7) is 0.373. The third-order valence-corrected chi connectivity index (χ3v) is 4.42. The number of rotatable bonds is 7. The fourth-order valence-corrected chi connectivity index (χ4v) is 3.07. The second-order valence-electron chi connectivity index (χ2n) is 3.94. The van der Waals surface area contributed by atoms with Gasteiger partial charge < -0.3 is 5.11 Å². The molecule has 5 nitrogen and oxygen atoms in total. The molecular formula is C12H15ClN2O3S. The first-order valence-electron chi connectivity index (χ1n) is 5.81. The highest BCUT2D eigenvalue weighted by Crippen LogP contribution is 2.22. The maximum Gasteiger partial charge on any atom is 0.242 e. The number of nitrogens with one attached hydrogen (secondary N) is 1. The smallest absolute Gasteiger partial charge is 0.242 e. The van der Waals surface area contributed by atoms with Gasteiger partial charge in [-0.3, -0.25) is 0 Å². The van der Waals surface area contributed by atoms with Gasteiger partial charge in [0.05, 0.1) is 16.7 Å². The summed E-state index contributed by atoms with van der Waals surface area (Å²) in [6.07, 6.45) is 2.02. The van der Waals surface area contributed by atoms with E-state index in [0.29, 0.717) is 12.8 Å². The lowest BCUT2D eigenvalue weighted by molar-refractivity contribution is 0.283. The van der Waals surface area contributed by atoms with Crippen LogP contribution in [0.5, 0.6) is 0 Å². The molecule has 0 aliphatic carbocycles. The molecule has 0 aliphatic heterocycles. The van der Waals surface area contributed by atoms with Gasteiger partial charge in [0.2, 0.25) is 10.0 Å². The predicted octanol–water partition coefficient (Wildman–Crippen LogP) is 1.65. The molecule has 0 aliphatic rings. The predicted molar refractivity (Wildman–Crippen MR) is 72.3 cm³/mol. The van der Waals surface area contributed by atoms with E-state index in [1.165, 1.54) is 18.2 Å². The van der Waals surface area contributed by atoms with Gasteiger partial charge in [-0.05, 0) is 37.5 Å². The number of hydrogen-bond donors (Lipinski definition) is 2. The van der Waals surface area contributed by atoms with E-state index in [-0.39, 0.29) is 28.6 Å². The number of aliphatic hydroxyl groups is 1. The molecule has 0 atom stereocenters. The van der Waals surface area contributed by atoms with E-state index in [2.05, 4.69) is 4.72 Å². The van der Waals surface area contributed by atoms with Gasteiger partial charge in [0.15, 0.2) is 0 Å². The molecule has 0 unspecified atom stereocenters. The van der Waals surface area contributed by atoms with E-state index in [1.807, 2.05) is 6.07 Å². The van der Waals surface area contributed by atoms with E-state index >= 15 is 0 Å². The summed E-state index contributed by atoms with van der Waals surface area (Å²) in [6, 6.07) is 5.97. The summed E-state index contributed by atoms with van der Waals surface area (Å²) in [5.41, 5.74) is 0.241. The summed E-state index contributed by atoms with van der Waals surface area (Å²) in [5.74, 6) is 0. The molecule has 0 fully saturated rings. The molecule has 0 bridgehead atoms. The van der Waals surface area contributed by atoms with Gasteiger partial charge in [0.1, 0.15) is 4.90 Å². The zero-order valence-corrected chi connectivity index (χ0v) is 11.8. The minimum absolute atomic E-state index is 0.0851. The first-order valence-corrected chi connectivity index (χ1v) is 7.67. The lowest BCUT2D eigenvalue weighted by Gasteiger charge is -2.08. The van der Waals surface area contributed by atoms with E-state index in [4.69, 9.17) is 22.0 Å². The van der Waals surface area contributed by atoms with Crippen LogP contribution in [0, 0.1) is 11.3 Å². The number of sulfonamides is 1. The number of unbranched alkanes of at least 4 members (excludes halogenated alkanes) is 2. The van der Waals surface area contributed by atoms with Gasteiger partial charge in [-0.1, -0.05) is 11.6 Å². The van der Waals surface area contributed by atoms with E-state index in [9.17, 15) is 8.42 Å². The van der Waals surface area contributed by atoms with Crippen LogP contribution in [0.25, 0.3) is 0 Å². The quantitative estimate of drug-likeness (QED) is 0.749. The average Bonchev–Trinajstić information content (AvgIpc) is 2.39. The fraction of sp³-hybridized carbons (Fsp3) is 0.417. The molecule has 1 rings (SSSR count). The molecule has 104 valence electrons. The Morgan fingerprint density at radius 3 is 2.68 bits per heavy atom. The van der Waals surface area contributed by atoms with Crippen molar-refractivity contribution in [3.63, 3.8) is 0 Å². The molecule has 0 heterocycles. The number of halogens is 1. The van der Waals surface area contributed by atoms with Gasteiger partial charge >= 0.3 is 0 Å². The van der Waals surface area contributed by atoms with Crippen LogP contribution in [0.1, 0.15) is 24.8 Å². The van der Waals surface area contributed by atoms with Crippen molar-refractivity contribution in [3.05, 3.63) is 28.8 Å². The van der Waals surface area contributed by atoms with E-state index < -0.39 is 10.0 Å². The van der Waals surface area contributed by atoms with Gasteiger partial charge in [-0.25, -0.2) is 13.1 Å². The molecule has 0 aromatic heterocycles. The van der Waals surface area contributed by atoms with Gasteiger partial charge in [0.25, 0.3) is 0 Å². The number of benzene rings is 1. The van der Waals surface area contributed by atoms with Gasteiger partial charge in [-0.15, -0.1) is 0 Å². The van der Waals surface area contributed by atoms with Crippen molar-refractivity contribution in [2.24, 2.45) is 0 Å². The van der Waals surface area contributed by atoms with Crippen LogP contribution in [-0.4, -0.2) is 26.7 Å². The van der Waals surface area contributed by atoms with Crippen LogP contribution in [0.4, 0.5) is 0 Å². The minimum Gasteiger partial charge on any atom is -0.396 e. The maximum atomic E-state index is 12.0. The molecule has 19 heavy (non-hydrogen) atoms. The number of nitrogens with zero attached hydrogens (tertiary/aromatic N) is 1. The standard InChI is InChI=1S/C12H15ClN2O3S/c13-11-5-4-10(9-14)8-12(11)19(17,18)15-6-2-1-3-7-16/h4-5,8,15-16H,1-3,6-7H2. The Bertz CT molecular complexity index is 567. The number of nitriles is 1. The zero-order valence-electron chi connectivity index (χ0n) is 10.3. The average molecular weight is 303 g/mol. The first-order chi connectivity index (χ1) is 9.01. The lowest BCUT2D eigenvalue weighted by Crippen LogP contribution is -2.25. The monoisotopic (exact) mass is 302 g/mol. The Hall–Kier alpha value is -1.13. The summed E-state index contributed by atoms with van der Waals surface area (Å²) in [4.78, 5) is -0.0876. The Balaban J connectivity index is 2.75. The second-order valence-corrected chi connectivity index (χ2v) is 6.08. The molecule has 7 heteroatoms.